The van der Waals surface area contributed by atoms with Crippen molar-refractivity contribution in [3.05, 3.63) is 53.3 Å². The number of rotatable bonds is 7. The number of benzene rings is 1. The van der Waals surface area contributed by atoms with Crippen molar-refractivity contribution >= 4 is 28.6 Å². The highest BCUT2D eigenvalue weighted by molar-refractivity contribution is 6.31. The van der Waals surface area contributed by atoms with Gasteiger partial charge in [-0.25, -0.2) is 18.6 Å². The third-order valence-corrected chi connectivity index (χ3v) is 5.33. The molecule has 0 aliphatic rings. The van der Waals surface area contributed by atoms with E-state index in [9.17, 15) is 13.6 Å². The summed E-state index contributed by atoms with van der Waals surface area (Å²) in [6, 6.07) is 6.82. The third kappa shape index (κ3) is 7.01. The molecule has 3 rings (SSSR count). The molecule has 1 amide bonds. The molecule has 0 bridgehead atoms. The number of pyridine rings is 2. The number of fused-ring (bicyclic) bond motifs is 1. The number of amides is 1. The van der Waals surface area contributed by atoms with Crippen LogP contribution in [0.1, 0.15) is 48.0 Å². The Morgan fingerprint density at radius 2 is 1.86 bits per heavy atom. The average molecular weight is 506 g/mol. The average Bonchev–Trinajstić information content (AvgIpc) is 2.70. The molecular weight excluding hydrogens is 476 g/mol. The van der Waals surface area contributed by atoms with Crippen molar-refractivity contribution in [1.82, 2.24) is 15.3 Å². The first-order chi connectivity index (χ1) is 16.3. The van der Waals surface area contributed by atoms with E-state index >= 15 is 0 Å². The van der Waals surface area contributed by atoms with Crippen molar-refractivity contribution in [3.63, 3.8) is 0 Å². The van der Waals surface area contributed by atoms with Crippen molar-refractivity contribution in [2.75, 3.05) is 6.61 Å². The lowest BCUT2D eigenvalue weighted by Crippen LogP contribution is -2.52. The number of alkyl carbamates (subject to hydrolysis) is 1. The monoisotopic (exact) mass is 505 g/mol. The maximum atomic E-state index is 14.5. The predicted octanol–water partition coefficient (Wildman–Crippen LogP) is 6.94. The second-order valence-electron chi connectivity index (χ2n) is 10.2. The molecule has 2 aromatic heterocycles. The molecule has 0 saturated carbocycles. The second kappa shape index (κ2) is 10.3. The van der Waals surface area contributed by atoms with Crippen molar-refractivity contribution in [1.29, 1.82) is 0 Å². The lowest BCUT2D eigenvalue weighted by atomic mass is 9.91. The Morgan fingerprint density at radius 1 is 1.14 bits per heavy atom. The van der Waals surface area contributed by atoms with Crippen LogP contribution in [0.5, 0.6) is 5.75 Å². The van der Waals surface area contributed by atoms with E-state index in [4.69, 9.17) is 21.1 Å². The molecule has 1 aromatic carbocycles. The van der Waals surface area contributed by atoms with E-state index in [2.05, 4.69) is 15.3 Å². The topological polar surface area (TPSA) is 73.3 Å². The Bertz CT molecular complexity index is 1230. The van der Waals surface area contributed by atoms with Crippen LogP contribution in [0, 0.1) is 17.6 Å². The first-order valence-electron chi connectivity index (χ1n) is 11.3. The zero-order valence-electron chi connectivity index (χ0n) is 20.7. The maximum absolute atomic E-state index is 14.5. The van der Waals surface area contributed by atoms with Gasteiger partial charge in [-0.3, -0.25) is 4.98 Å². The largest absolute Gasteiger partial charge is 0.488 e. The van der Waals surface area contributed by atoms with Crippen LogP contribution < -0.4 is 10.1 Å². The summed E-state index contributed by atoms with van der Waals surface area (Å²) in [4.78, 5) is 20.8. The lowest BCUT2D eigenvalue weighted by Gasteiger charge is -2.33. The number of ether oxygens (including phenoxy) is 2. The van der Waals surface area contributed by atoms with Gasteiger partial charge in [-0.05, 0) is 58.2 Å². The van der Waals surface area contributed by atoms with E-state index in [0.717, 1.165) is 12.1 Å². The van der Waals surface area contributed by atoms with Crippen LogP contribution in [-0.2, 0) is 4.74 Å². The molecule has 1 atom stereocenters. The van der Waals surface area contributed by atoms with Crippen LogP contribution in [0.25, 0.3) is 22.2 Å². The van der Waals surface area contributed by atoms with Gasteiger partial charge in [-0.15, -0.1) is 0 Å². The predicted molar refractivity (Wildman–Crippen MR) is 133 cm³/mol. The maximum Gasteiger partial charge on any atom is 0.408 e. The first kappa shape index (κ1) is 26.6. The fraction of sp³-hybridized carbons (Fsp3) is 0.423. The van der Waals surface area contributed by atoms with E-state index < -0.39 is 28.9 Å². The first-order valence-corrected chi connectivity index (χ1v) is 11.7. The summed E-state index contributed by atoms with van der Waals surface area (Å²) in [5.74, 6) is -0.867. The summed E-state index contributed by atoms with van der Waals surface area (Å²) in [5.41, 5.74) is -0.368. The molecule has 1 N–H and O–H groups in total. The molecule has 3 aromatic rings. The Balaban J connectivity index is 1.83. The summed E-state index contributed by atoms with van der Waals surface area (Å²) in [5, 5.41) is 3.13. The number of hydrogen-bond donors (Lipinski definition) is 1. The van der Waals surface area contributed by atoms with Gasteiger partial charge in [-0.1, -0.05) is 25.4 Å². The highest BCUT2D eigenvalue weighted by Gasteiger charge is 2.31. The minimum Gasteiger partial charge on any atom is -0.488 e. The fourth-order valence-electron chi connectivity index (χ4n) is 3.93. The minimum absolute atomic E-state index is 0.0687. The summed E-state index contributed by atoms with van der Waals surface area (Å²) in [6.07, 6.45) is 1.55. The standard InChI is InChI=1S/C26H30ClF2N3O3/c1-15(2)13-26(6,32-24(33)35-25(3,4)5)14-34-21-8-7-19(31-23(21)27)17-9-10-30-20-12-16(28)11-18(29)22(17)20/h7-12,15H,13-14H2,1-6H3,(H,32,33). The van der Waals surface area contributed by atoms with Gasteiger partial charge in [0.2, 0.25) is 0 Å². The molecule has 0 radical (unpaired) electrons. The Morgan fingerprint density at radius 3 is 2.49 bits per heavy atom. The Kier molecular flexibility index (Phi) is 7.84. The number of aromatic nitrogens is 2. The number of nitrogens with one attached hydrogen (secondary N) is 1. The van der Waals surface area contributed by atoms with Crippen LogP contribution in [0.15, 0.2) is 36.5 Å². The van der Waals surface area contributed by atoms with Crippen LogP contribution in [0.4, 0.5) is 13.6 Å². The molecule has 188 valence electrons. The van der Waals surface area contributed by atoms with E-state index in [1.165, 1.54) is 6.20 Å². The van der Waals surface area contributed by atoms with Crippen LogP contribution in [0.3, 0.4) is 0 Å². The van der Waals surface area contributed by atoms with E-state index in [0.29, 0.717) is 23.4 Å². The molecule has 0 aliphatic heterocycles. The minimum atomic E-state index is -0.737. The van der Waals surface area contributed by atoms with Crippen molar-refractivity contribution in [3.8, 4) is 17.0 Å². The Labute approximate surface area is 209 Å². The number of hydrogen-bond acceptors (Lipinski definition) is 5. The van der Waals surface area contributed by atoms with Gasteiger partial charge < -0.3 is 14.8 Å². The molecule has 0 saturated heterocycles. The van der Waals surface area contributed by atoms with Gasteiger partial charge in [0.25, 0.3) is 0 Å². The Hall–Kier alpha value is -3.00. The van der Waals surface area contributed by atoms with Crippen molar-refractivity contribution in [2.45, 2.75) is 59.1 Å². The van der Waals surface area contributed by atoms with Gasteiger partial charge in [0.15, 0.2) is 10.9 Å². The normalized spacial score (nSPS) is 13.5. The fourth-order valence-corrected chi connectivity index (χ4v) is 4.14. The molecule has 0 aliphatic carbocycles. The van der Waals surface area contributed by atoms with Crippen molar-refractivity contribution in [2.24, 2.45) is 5.92 Å². The van der Waals surface area contributed by atoms with Gasteiger partial charge in [-0.2, -0.15) is 0 Å². The number of carbonyl (C=O) groups is 1. The van der Waals surface area contributed by atoms with Crippen LogP contribution in [0.2, 0.25) is 5.15 Å². The van der Waals surface area contributed by atoms with Gasteiger partial charge >= 0.3 is 6.09 Å². The molecule has 1 unspecified atom stereocenters. The number of nitrogens with zero attached hydrogens (tertiary/aromatic N) is 2. The summed E-state index contributed by atoms with van der Waals surface area (Å²) >= 11 is 6.41. The second-order valence-corrected chi connectivity index (χ2v) is 10.6. The molecule has 9 heteroatoms. The van der Waals surface area contributed by atoms with Gasteiger partial charge in [0.1, 0.15) is 23.8 Å². The zero-order chi connectivity index (χ0) is 26.0. The lowest BCUT2D eigenvalue weighted by molar-refractivity contribution is 0.0408. The summed E-state index contributed by atoms with van der Waals surface area (Å²) < 4.78 is 39.5. The number of carbonyl (C=O) groups excluding carboxylic acids is 1. The highest BCUT2D eigenvalue weighted by atomic mass is 35.5. The SMILES string of the molecule is CC(C)CC(C)(COc1ccc(-c2ccnc3cc(F)cc(F)c23)nc1Cl)NC(=O)OC(C)(C)C. The molecular formula is C26H30ClF2N3O3. The van der Waals surface area contributed by atoms with Gasteiger partial charge in [0, 0.05) is 29.3 Å². The van der Waals surface area contributed by atoms with E-state index in [-0.39, 0.29) is 28.6 Å². The quantitative estimate of drug-likeness (QED) is 0.352. The molecule has 2 heterocycles. The van der Waals surface area contributed by atoms with Crippen LogP contribution >= 0.6 is 11.6 Å². The smallest absolute Gasteiger partial charge is 0.408 e. The van der Waals surface area contributed by atoms with E-state index in [1.54, 1.807) is 39.0 Å². The molecule has 0 spiro atoms. The highest BCUT2D eigenvalue weighted by Crippen LogP contribution is 2.33. The van der Waals surface area contributed by atoms with E-state index in [1.807, 2.05) is 20.8 Å². The van der Waals surface area contributed by atoms with Gasteiger partial charge in [0.05, 0.1) is 16.7 Å². The number of halogens is 3. The van der Waals surface area contributed by atoms with Crippen molar-refractivity contribution < 1.29 is 23.0 Å². The summed E-state index contributed by atoms with van der Waals surface area (Å²) in [6.45, 7) is 11.5. The zero-order valence-corrected chi connectivity index (χ0v) is 21.5. The summed E-state index contributed by atoms with van der Waals surface area (Å²) in [7, 11) is 0. The molecule has 0 fully saturated rings. The molecule has 35 heavy (non-hydrogen) atoms. The van der Waals surface area contributed by atoms with Crippen LogP contribution in [-0.4, -0.2) is 33.8 Å². The molecule has 6 nitrogen and oxygen atoms in total. The third-order valence-electron chi connectivity index (χ3n) is 5.06.